The molecule has 3 aromatic heterocycles. The third-order valence-electron chi connectivity index (χ3n) is 4.05. The van der Waals surface area contributed by atoms with E-state index in [4.69, 9.17) is 40.4 Å². The maximum absolute atomic E-state index is 6.23. The fraction of sp³-hybridized carbons (Fsp3) is 0.188. The lowest BCUT2D eigenvalue weighted by Gasteiger charge is -2.08. The average molecular weight is 410 g/mol. The first kappa shape index (κ1) is 16.8. The highest BCUT2D eigenvalue weighted by Gasteiger charge is 2.16. The molecule has 25 heavy (non-hydrogen) atoms. The molecule has 1 N–H and O–H groups in total. The highest BCUT2D eigenvalue weighted by Crippen LogP contribution is 2.29. The summed E-state index contributed by atoms with van der Waals surface area (Å²) in [5.41, 5.74) is 1.77. The van der Waals surface area contributed by atoms with Crippen molar-refractivity contribution in [1.82, 2.24) is 24.3 Å². The van der Waals surface area contributed by atoms with E-state index < -0.39 is 0 Å². The van der Waals surface area contributed by atoms with Crippen molar-refractivity contribution in [1.29, 1.82) is 0 Å². The minimum absolute atomic E-state index is 0.500. The number of fused-ring (bicyclic) bond motifs is 1. The van der Waals surface area contributed by atoms with Crippen LogP contribution < -0.4 is 0 Å². The van der Waals surface area contributed by atoms with Crippen LogP contribution in [0.4, 0.5) is 0 Å². The van der Waals surface area contributed by atoms with E-state index in [-0.39, 0.29) is 0 Å². The number of hydrogen-bond donors (Lipinski definition) is 1. The van der Waals surface area contributed by atoms with Gasteiger partial charge < -0.3 is 9.13 Å². The van der Waals surface area contributed by atoms with Crippen LogP contribution in [0.15, 0.2) is 29.6 Å². The second-order valence-corrected chi connectivity index (χ2v) is 7.86. The number of rotatable bonds is 4. The van der Waals surface area contributed by atoms with Crippen LogP contribution in [0.1, 0.15) is 16.5 Å². The van der Waals surface area contributed by atoms with Crippen molar-refractivity contribution in [2.75, 3.05) is 0 Å². The molecule has 9 heteroatoms. The van der Waals surface area contributed by atoms with E-state index in [2.05, 4.69) is 26.2 Å². The lowest BCUT2D eigenvalue weighted by atomic mass is 10.3. The van der Waals surface area contributed by atoms with Crippen molar-refractivity contribution in [3.05, 3.63) is 61.0 Å². The lowest BCUT2D eigenvalue weighted by Crippen LogP contribution is -2.08. The number of H-pyrrole nitrogens is 1. The standard InChI is InChI=1S/C16H13Cl2N5S2/c1-22-15(20-21-16(22)24)7-14-19-12-5-10(17)11(18)6-13(12)23(14)8-9-3-2-4-25-9/h2-6H,7-8H2,1H3,(H,21,24). The van der Waals surface area contributed by atoms with Gasteiger partial charge in [0, 0.05) is 11.9 Å². The molecule has 0 saturated carbocycles. The molecular weight excluding hydrogens is 397 g/mol. The Bertz CT molecular complexity index is 1110. The summed E-state index contributed by atoms with van der Waals surface area (Å²) in [5.74, 6) is 1.71. The van der Waals surface area contributed by atoms with Crippen LogP contribution >= 0.6 is 46.8 Å². The van der Waals surface area contributed by atoms with Crippen LogP contribution in [0, 0.1) is 4.77 Å². The zero-order valence-corrected chi connectivity index (χ0v) is 16.3. The van der Waals surface area contributed by atoms with Gasteiger partial charge in [-0.25, -0.2) is 4.98 Å². The maximum atomic E-state index is 6.23. The number of thiophene rings is 1. The molecule has 128 valence electrons. The summed E-state index contributed by atoms with van der Waals surface area (Å²) >= 11 is 19.3. The lowest BCUT2D eigenvalue weighted by molar-refractivity contribution is 0.729. The summed E-state index contributed by atoms with van der Waals surface area (Å²) in [6, 6.07) is 7.82. The van der Waals surface area contributed by atoms with Gasteiger partial charge in [-0.15, -0.1) is 11.3 Å². The molecule has 0 bridgehead atoms. The molecule has 0 unspecified atom stereocenters. The summed E-state index contributed by atoms with van der Waals surface area (Å²) in [5, 5.41) is 10.2. The number of hydrogen-bond acceptors (Lipinski definition) is 4. The fourth-order valence-electron chi connectivity index (χ4n) is 2.72. The Morgan fingerprint density at radius 1 is 1.24 bits per heavy atom. The molecule has 5 nitrogen and oxygen atoms in total. The molecule has 4 aromatic rings. The molecule has 0 aliphatic carbocycles. The van der Waals surface area contributed by atoms with E-state index in [0.717, 1.165) is 29.2 Å². The molecular formula is C16H13Cl2N5S2. The summed E-state index contributed by atoms with van der Waals surface area (Å²) in [6.45, 7) is 0.719. The van der Waals surface area contributed by atoms with Crippen LogP contribution in [0.3, 0.4) is 0 Å². The van der Waals surface area contributed by atoms with Crippen molar-refractivity contribution in [3.63, 3.8) is 0 Å². The molecule has 0 radical (unpaired) electrons. The molecule has 4 rings (SSSR count). The Kier molecular flexibility index (Phi) is 4.41. The SMILES string of the molecule is Cn1c(Cc2nc3cc(Cl)c(Cl)cc3n2Cc2cccs2)n[nH]c1=S. The molecule has 0 aliphatic rings. The molecule has 0 aliphatic heterocycles. The molecule has 0 fully saturated rings. The second kappa shape index (κ2) is 6.57. The van der Waals surface area contributed by atoms with E-state index in [1.807, 2.05) is 23.7 Å². The normalized spacial score (nSPS) is 11.5. The Morgan fingerprint density at radius 3 is 2.72 bits per heavy atom. The second-order valence-electron chi connectivity index (χ2n) is 5.63. The number of nitrogens with one attached hydrogen (secondary N) is 1. The Labute approximate surface area is 162 Å². The summed E-state index contributed by atoms with van der Waals surface area (Å²) < 4.78 is 4.59. The number of aromatic nitrogens is 5. The highest BCUT2D eigenvalue weighted by atomic mass is 35.5. The minimum Gasteiger partial charge on any atom is -0.322 e. The predicted octanol–water partition coefficient (Wildman–Crippen LogP) is 4.83. The number of imidazole rings is 1. The van der Waals surface area contributed by atoms with Crippen molar-refractivity contribution in [2.24, 2.45) is 7.05 Å². The zero-order valence-electron chi connectivity index (χ0n) is 13.2. The van der Waals surface area contributed by atoms with Gasteiger partial charge in [-0.3, -0.25) is 5.10 Å². The Morgan fingerprint density at radius 2 is 2.04 bits per heavy atom. The Balaban J connectivity index is 1.86. The monoisotopic (exact) mass is 409 g/mol. The van der Waals surface area contributed by atoms with Crippen LogP contribution in [-0.4, -0.2) is 24.3 Å². The largest absolute Gasteiger partial charge is 0.322 e. The van der Waals surface area contributed by atoms with Crippen molar-refractivity contribution in [3.8, 4) is 0 Å². The third-order valence-corrected chi connectivity index (χ3v) is 6.00. The molecule has 0 saturated heterocycles. The van der Waals surface area contributed by atoms with E-state index in [1.165, 1.54) is 4.88 Å². The van der Waals surface area contributed by atoms with Gasteiger partial charge in [0.15, 0.2) is 4.77 Å². The first-order valence-corrected chi connectivity index (χ1v) is 9.54. The summed E-state index contributed by atoms with van der Waals surface area (Å²) in [6.07, 6.45) is 0.554. The first-order chi connectivity index (χ1) is 12.0. The number of benzene rings is 1. The van der Waals surface area contributed by atoms with E-state index in [1.54, 1.807) is 17.4 Å². The Hall–Kier alpha value is -1.67. The molecule has 0 amide bonds. The fourth-order valence-corrected chi connectivity index (χ4v) is 3.88. The molecule has 0 atom stereocenters. The number of aromatic amines is 1. The van der Waals surface area contributed by atoms with Gasteiger partial charge in [0.25, 0.3) is 0 Å². The van der Waals surface area contributed by atoms with Gasteiger partial charge in [-0.05, 0) is 35.8 Å². The van der Waals surface area contributed by atoms with Gasteiger partial charge in [-0.1, -0.05) is 29.3 Å². The quantitative estimate of drug-likeness (QED) is 0.490. The third kappa shape index (κ3) is 3.13. The van der Waals surface area contributed by atoms with E-state index in [9.17, 15) is 0 Å². The number of nitrogens with zero attached hydrogens (tertiary/aromatic N) is 4. The van der Waals surface area contributed by atoms with Crippen molar-refractivity contribution < 1.29 is 0 Å². The van der Waals surface area contributed by atoms with Gasteiger partial charge >= 0.3 is 0 Å². The van der Waals surface area contributed by atoms with Crippen LogP contribution in [0.25, 0.3) is 11.0 Å². The van der Waals surface area contributed by atoms with Crippen LogP contribution in [0.2, 0.25) is 10.0 Å². The maximum Gasteiger partial charge on any atom is 0.194 e. The average Bonchev–Trinajstić information content (AvgIpc) is 3.27. The summed E-state index contributed by atoms with van der Waals surface area (Å²) in [7, 11) is 1.89. The number of halogens is 2. The summed E-state index contributed by atoms with van der Waals surface area (Å²) in [4.78, 5) is 6.00. The van der Waals surface area contributed by atoms with Crippen LogP contribution in [0.5, 0.6) is 0 Å². The topological polar surface area (TPSA) is 51.4 Å². The minimum atomic E-state index is 0.500. The first-order valence-electron chi connectivity index (χ1n) is 7.49. The van der Waals surface area contributed by atoms with Crippen molar-refractivity contribution in [2.45, 2.75) is 13.0 Å². The molecule has 3 heterocycles. The van der Waals surface area contributed by atoms with E-state index in [0.29, 0.717) is 21.2 Å². The molecule has 1 aromatic carbocycles. The van der Waals surface area contributed by atoms with Crippen molar-refractivity contribution >= 4 is 57.8 Å². The smallest absolute Gasteiger partial charge is 0.194 e. The van der Waals surface area contributed by atoms with Gasteiger partial charge in [-0.2, -0.15) is 5.10 Å². The van der Waals surface area contributed by atoms with Gasteiger partial charge in [0.1, 0.15) is 11.6 Å². The highest BCUT2D eigenvalue weighted by molar-refractivity contribution is 7.71. The predicted molar refractivity (Wildman–Crippen MR) is 104 cm³/mol. The van der Waals surface area contributed by atoms with Gasteiger partial charge in [0.05, 0.1) is 34.0 Å². The van der Waals surface area contributed by atoms with Crippen LogP contribution in [-0.2, 0) is 20.0 Å². The van der Waals surface area contributed by atoms with Gasteiger partial charge in [0.2, 0.25) is 0 Å². The molecule has 0 spiro atoms. The zero-order chi connectivity index (χ0) is 17.6. The van der Waals surface area contributed by atoms with E-state index >= 15 is 0 Å².